The van der Waals surface area contributed by atoms with Crippen LogP contribution in [0.1, 0.15) is 28.8 Å². The number of anilines is 2. The van der Waals surface area contributed by atoms with Crippen LogP contribution < -0.4 is 21.3 Å². The zero-order valence-electron chi connectivity index (χ0n) is 16.9. The fourth-order valence-electron chi connectivity index (χ4n) is 3.95. The number of fused-ring (bicyclic) bond motifs is 1. The highest BCUT2D eigenvalue weighted by molar-refractivity contribution is 6.08. The Bertz CT molecular complexity index is 1230. The topological polar surface area (TPSA) is 76.3 Å². The first-order valence-corrected chi connectivity index (χ1v) is 9.74. The molecule has 1 saturated heterocycles. The number of benzene rings is 2. The molecule has 1 aliphatic rings. The Balaban J connectivity index is 1.90. The summed E-state index contributed by atoms with van der Waals surface area (Å²) in [5.41, 5.74) is 3.10. The Morgan fingerprint density at radius 2 is 1.52 bits per heavy atom. The van der Waals surface area contributed by atoms with E-state index in [1.165, 1.54) is 9.13 Å². The first-order valence-electron chi connectivity index (χ1n) is 9.74. The third-order valence-electron chi connectivity index (χ3n) is 5.69. The molecule has 0 atom stereocenters. The van der Waals surface area contributed by atoms with Crippen LogP contribution >= 0.6 is 0 Å². The number of nitrogens with zero attached hydrogens (tertiary/aromatic N) is 3. The Morgan fingerprint density at radius 1 is 0.931 bits per heavy atom. The Labute approximate surface area is 168 Å². The van der Waals surface area contributed by atoms with Crippen molar-refractivity contribution in [3.63, 3.8) is 0 Å². The number of aromatic nitrogens is 2. The number of amides is 1. The summed E-state index contributed by atoms with van der Waals surface area (Å²) >= 11 is 0. The van der Waals surface area contributed by atoms with E-state index in [-0.39, 0.29) is 5.91 Å². The van der Waals surface area contributed by atoms with Crippen molar-refractivity contribution < 1.29 is 4.79 Å². The minimum atomic E-state index is -0.592. The highest BCUT2D eigenvalue weighted by Crippen LogP contribution is 2.33. The molecule has 7 heteroatoms. The van der Waals surface area contributed by atoms with Gasteiger partial charge in [0, 0.05) is 32.7 Å². The summed E-state index contributed by atoms with van der Waals surface area (Å²) in [4.78, 5) is 39.7. The lowest BCUT2D eigenvalue weighted by molar-refractivity contribution is 0.102. The van der Waals surface area contributed by atoms with Gasteiger partial charge in [0.2, 0.25) is 0 Å². The quantitative estimate of drug-likeness (QED) is 0.695. The van der Waals surface area contributed by atoms with Gasteiger partial charge in [0.25, 0.3) is 5.91 Å². The van der Waals surface area contributed by atoms with Gasteiger partial charge in [-0.05, 0) is 43.5 Å². The molecular weight excluding hydrogens is 368 g/mol. The molecule has 0 radical (unpaired) electrons. The van der Waals surface area contributed by atoms with E-state index in [0.29, 0.717) is 22.3 Å². The maximum absolute atomic E-state index is 13.0. The molecule has 1 aliphatic heterocycles. The zero-order chi connectivity index (χ0) is 20.7. The van der Waals surface area contributed by atoms with Crippen molar-refractivity contribution in [1.82, 2.24) is 9.13 Å². The lowest BCUT2D eigenvalue weighted by Gasteiger charge is -2.23. The maximum Gasteiger partial charge on any atom is 0.316 e. The third-order valence-corrected chi connectivity index (χ3v) is 5.69. The smallest absolute Gasteiger partial charge is 0.316 e. The van der Waals surface area contributed by atoms with Crippen molar-refractivity contribution in [2.45, 2.75) is 19.8 Å². The number of nitrogens with one attached hydrogen (secondary N) is 1. The van der Waals surface area contributed by atoms with E-state index < -0.39 is 11.1 Å². The highest BCUT2D eigenvalue weighted by atomic mass is 16.2. The third kappa shape index (κ3) is 3.22. The zero-order valence-corrected chi connectivity index (χ0v) is 16.9. The molecule has 0 aliphatic carbocycles. The Hall–Kier alpha value is -3.35. The molecule has 1 fully saturated rings. The minimum absolute atomic E-state index is 0.197. The van der Waals surface area contributed by atoms with Crippen LogP contribution in [0.5, 0.6) is 0 Å². The van der Waals surface area contributed by atoms with Crippen LogP contribution in [0.3, 0.4) is 0 Å². The molecule has 1 amide bonds. The molecular formula is C22H24N4O3. The van der Waals surface area contributed by atoms with Gasteiger partial charge in [0.1, 0.15) is 0 Å². The normalized spacial score (nSPS) is 13.8. The first-order chi connectivity index (χ1) is 13.9. The number of carbonyl (C=O) groups is 1. The molecule has 150 valence electrons. The summed E-state index contributed by atoms with van der Waals surface area (Å²) in [7, 11) is 3.18. The van der Waals surface area contributed by atoms with Crippen molar-refractivity contribution >= 4 is 28.3 Å². The van der Waals surface area contributed by atoms with Crippen molar-refractivity contribution in [2.75, 3.05) is 23.3 Å². The van der Waals surface area contributed by atoms with Gasteiger partial charge in [-0.15, -0.1) is 0 Å². The van der Waals surface area contributed by atoms with E-state index in [9.17, 15) is 14.4 Å². The average molecular weight is 392 g/mol. The number of carbonyl (C=O) groups excluding carboxylic acids is 1. The second kappa shape index (κ2) is 7.24. The summed E-state index contributed by atoms with van der Waals surface area (Å²) in [6.07, 6.45) is 2.16. The summed E-state index contributed by atoms with van der Waals surface area (Å²) in [6, 6.07) is 11.1. The van der Waals surface area contributed by atoms with Crippen LogP contribution in [0.2, 0.25) is 0 Å². The van der Waals surface area contributed by atoms with Crippen LogP contribution in [0.4, 0.5) is 11.4 Å². The minimum Gasteiger partial charge on any atom is -0.370 e. The number of aryl methyl sites for hydroxylation is 3. The lowest BCUT2D eigenvalue weighted by Crippen LogP contribution is -2.39. The molecule has 0 spiro atoms. The number of hydrogen-bond donors (Lipinski definition) is 1. The van der Waals surface area contributed by atoms with Gasteiger partial charge in [0.15, 0.2) is 0 Å². The van der Waals surface area contributed by atoms with Gasteiger partial charge in [0.05, 0.1) is 22.4 Å². The predicted octanol–water partition coefficient (Wildman–Crippen LogP) is 2.40. The second-order valence-corrected chi connectivity index (χ2v) is 7.55. The molecule has 4 rings (SSSR count). The van der Waals surface area contributed by atoms with Crippen molar-refractivity contribution in [2.24, 2.45) is 14.1 Å². The monoisotopic (exact) mass is 392 g/mol. The fraction of sp³-hybridized carbons (Fsp3) is 0.318. The van der Waals surface area contributed by atoms with Crippen LogP contribution in [0.25, 0.3) is 11.0 Å². The number of hydrogen-bond acceptors (Lipinski definition) is 4. The van der Waals surface area contributed by atoms with E-state index in [1.807, 2.05) is 31.2 Å². The molecule has 1 N–H and O–H groups in total. The van der Waals surface area contributed by atoms with Crippen molar-refractivity contribution in [3.8, 4) is 0 Å². The van der Waals surface area contributed by atoms with Gasteiger partial charge in [-0.3, -0.25) is 14.4 Å². The van der Waals surface area contributed by atoms with Crippen LogP contribution in [0.15, 0.2) is 46.0 Å². The summed E-state index contributed by atoms with van der Waals surface area (Å²) in [5.74, 6) is -0.197. The van der Waals surface area contributed by atoms with E-state index in [0.717, 1.165) is 37.2 Å². The van der Waals surface area contributed by atoms with Crippen LogP contribution in [-0.4, -0.2) is 28.1 Å². The van der Waals surface area contributed by atoms with Gasteiger partial charge in [-0.25, -0.2) is 0 Å². The first kappa shape index (κ1) is 19.0. The lowest BCUT2D eigenvalue weighted by atomic mass is 10.1. The van der Waals surface area contributed by atoms with Crippen molar-refractivity contribution in [3.05, 3.63) is 68.2 Å². The van der Waals surface area contributed by atoms with Crippen LogP contribution in [-0.2, 0) is 14.1 Å². The SMILES string of the molecule is Cc1ccccc1C(=O)Nc1cc2c(cc1N1CCCC1)n(C)c(=O)c(=O)n2C. The molecule has 2 aromatic carbocycles. The van der Waals surface area contributed by atoms with E-state index in [2.05, 4.69) is 10.2 Å². The van der Waals surface area contributed by atoms with Gasteiger partial charge in [-0.2, -0.15) is 0 Å². The molecule has 7 nitrogen and oxygen atoms in total. The van der Waals surface area contributed by atoms with E-state index in [4.69, 9.17) is 0 Å². The van der Waals surface area contributed by atoms with E-state index in [1.54, 1.807) is 26.2 Å². The summed E-state index contributed by atoms with van der Waals surface area (Å²) in [6.45, 7) is 3.67. The van der Waals surface area contributed by atoms with Crippen LogP contribution in [0, 0.1) is 6.92 Å². The molecule has 2 heterocycles. The van der Waals surface area contributed by atoms with E-state index >= 15 is 0 Å². The predicted molar refractivity (Wildman–Crippen MR) is 115 cm³/mol. The van der Waals surface area contributed by atoms with Crippen molar-refractivity contribution in [1.29, 1.82) is 0 Å². The molecule has 0 saturated carbocycles. The highest BCUT2D eigenvalue weighted by Gasteiger charge is 2.21. The summed E-state index contributed by atoms with van der Waals surface area (Å²) < 4.78 is 2.72. The van der Waals surface area contributed by atoms with Gasteiger partial charge >= 0.3 is 11.1 Å². The molecule has 0 unspecified atom stereocenters. The fourth-order valence-corrected chi connectivity index (χ4v) is 3.95. The molecule has 29 heavy (non-hydrogen) atoms. The molecule has 3 aromatic rings. The Kier molecular flexibility index (Phi) is 4.74. The number of rotatable bonds is 3. The average Bonchev–Trinajstić information content (AvgIpc) is 3.25. The van der Waals surface area contributed by atoms with Gasteiger partial charge < -0.3 is 19.4 Å². The maximum atomic E-state index is 13.0. The largest absolute Gasteiger partial charge is 0.370 e. The summed E-state index contributed by atoms with van der Waals surface area (Å²) in [5, 5.41) is 3.03. The van der Waals surface area contributed by atoms with Gasteiger partial charge in [-0.1, -0.05) is 18.2 Å². The standard InChI is InChI=1S/C22H24N4O3/c1-14-8-4-5-9-15(14)20(27)23-16-12-18-19(13-17(16)26-10-6-7-11-26)25(3)22(29)21(28)24(18)2/h4-5,8-9,12-13H,6-7,10-11H2,1-3H3,(H,23,27). The Morgan fingerprint density at radius 3 is 2.14 bits per heavy atom. The molecule has 0 bridgehead atoms. The molecule has 1 aromatic heterocycles. The second-order valence-electron chi connectivity index (χ2n) is 7.55.